The maximum atomic E-state index is 14.7. The number of oxazole rings is 1. The van der Waals surface area contributed by atoms with Gasteiger partial charge in [0.15, 0.2) is 11.7 Å². The van der Waals surface area contributed by atoms with Gasteiger partial charge >= 0.3 is 6.36 Å². The van der Waals surface area contributed by atoms with Gasteiger partial charge in [-0.2, -0.15) is 0 Å². The Labute approximate surface area is 170 Å². The van der Waals surface area contributed by atoms with Crippen LogP contribution < -0.4 is 4.74 Å². The first kappa shape index (κ1) is 20.6. The van der Waals surface area contributed by atoms with Crippen molar-refractivity contribution in [2.75, 3.05) is 20.1 Å². The van der Waals surface area contributed by atoms with E-state index in [4.69, 9.17) is 9.15 Å². The first-order valence-corrected chi connectivity index (χ1v) is 9.53. The lowest BCUT2D eigenvalue weighted by molar-refractivity contribution is -0.274. The molecule has 30 heavy (non-hydrogen) atoms. The number of fused-ring (bicyclic) bond motifs is 1. The monoisotopic (exact) mass is 424 g/mol. The molecule has 0 spiro atoms. The molecule has 1 aromatic heterocycles. The fourth-order valence-electron chi connectivity index (χ4n) is 3.50. The smallest absolute Gasteiger partial charge is 0.437 e. The summed E-state index contributed by atoms with van der Waals surface area (Å²) < 4.78 is 68.6. The van der Waals surface area contributed by atoms with E-state index >= 15 is 0 Å². The van der Waals surface area contributed by atoms with E-state index < -0.39 is 24.0 Å². The molecule has 1 atom stereocenters. The first-order chi connectivity index (χ1) is 14.3. The predicted octanol–water partition coefficient (Wildman–Crippen LogP) is 5.07. The number of nitrogens with zero attached hydrogens (tertiary/aromatic N) is 2. The number of ether oxygens (including phenoxy) is 2. The highest BCUT2D eigenvalue weighted by Gasteiger charge is 2.33. The van der Waals surface area contributed by atoms with Crippen molar-refractivity contribution < 1.29 is 31.5 Å². The highest BCUT2D eigenvalue weighted by molar-refractivity contribution is 5.72. The maximum Gasteiger partial charge on any atom is 0.573 e. The summed E-state index contributed by atoms with van der Waals surface area (Å²) in [6.07, 6.45) is -4.81. The van der Waals surface area contributed by atoms with Gasteiger partial charge in [0.2, 0.25) is 5.89 Å². The number of piperidine rings is 1. The minimum Gasteiger partial charge on any atom is -0.437 e. The zero-order valence-corrected chi connectivity index (χ0v) is 16.2. The molecule has 1 saturated heterocycles. The van der Waals surface area contributed by atoms with Crippen LogP contribution in [-0.2, 0) is 4.74 Å². The van der Waals surface area contributed by atoms with E-state index in [1.165, 1.54) is 0 Å². The lowest BCUT2D eigenvalue weighted by Gasteiger charge is -2.31. The Kier molecular flexibility index (Phi) is 5.66. The van der Waals surface area contributed by atoms with Crippen molar-refractivity contribution in [3.63, 3.8) is 0 Å². The van der Waals surface area contributed by atoms with Crippen LogP contribution in [0.25, 0.3) is 11.1 Å². The normalized spacial score (nSPS) is 17.4. The van der Waals surface area contributed by atoms with E-state index in [1.54, 1.807) is 24.3 Å². The van der Waals surface area contributed by atoms with Gasteiger partial charge in [-0.15, -0.1) is 13.2 Å². The fourth-order valence-corrected chi connectivity index (χ4v) is 3.50. The molecule has 2 aromatic carbocycles. The molecule has 4 rings (SSSR count). The van der Waals surface area contributed by atoms with Crippen molar-refractivity contribution in [3.8, 4) is 5.75 Å². The van der Waals surface area contributed by atoms with Crippen LogP contribution >= 0.6 is 0 Å². The Balaban J connectivity index is 1.72. The summed E-state index contributed by atoms with van der Waals surface area (Å²) >= 11 is 0. The summed E-state index contributed by atoms with van der Waals surface area (Å²) in [5, 5.41) is 0. The second kappa shape index (κ2) is 8.23. The molecule has 0 saturated carbocycles. The van der Waals surface area contributed by atoms with E-state index in [2.05, 4.69) is 14.6 Å². The largest absolute Gasteiger partial charge is 0.573 e. The molecule has 1 aliphatic rings. The standard InChI is InChI=1S/C21H20F4N2O3/c1-27-10-8-13(9-11-27)28-19(20-26-17-4-2-3-5-18(17)29-20)15-12-14(6-7-16(15)22)30-21(23,24)25/h2-7,12-13,19H,8-11H2,1H3. The van der Waals surface area contributed by atoms with Crippen LogP contribution in [0.5, 0.6) is 5.75 Å². The summed E-state index contributed by atoms with van der Waals surface area (Å²) in [5.41, 5.74) is 0.905. The number of benzene rings is 2. The molecular formula is C21H20F4N2O3. The van der Waals surface area contributed by atoms with Crippen molar-refractivity contribution in [2.45, 2.75) is 31.4 Å². The third kappa shape index (κ3) is 4.73. The summed E-state index contributed by atoms with van der Waals surface area (Å²) in [4.78, 5) is 6.53. The van der Waals surface area contributed by atoms with Crippen molar-refractivity contribution in [3.05, 3.63) is 59.7 Å². The maximum absolute atomic E-state index is 14.7. The van der Waals surface area contributed by atoms with Crippen molar-refractivity contribution >= 4 is 11.1 Å². The number of alkyl halides is 3. The zero-order chi connectivity index (χ0) is 21.3. The third-order valence-electron chi connectivity index (χ3n) is 5.01. The van der Waals surface area contributed by atoms with Gasteiger partial charge in [0.1, 0.15) is 17.1 Å². The second-order valence-corrected chi connectivity index (χ2v) is 7.27. The van der Waals surface area contributed by atoms with Crippen molar-refractivity contribution in [2.24, 2.45) is 0 Å². The topological polar surface area (TPSA) is 47.7 Å². The molecular weight excluding hydrogens is 404 g/mol. The quantitative estimate of drug-likeness (QED) is 0.536. The number of rotatable bonds is 5. The summed E-state index contributed by atoms with van der Waals surface area (Å²) in [6, 6.07) is 9.81. The van der Waals surface area contributed by atoms with Gasteiger partial charge in [0.05, 0.1) is 6.10 Å². The number of likely N-dealkylation sites (tertiary alicyclic amines) is 1. The Bertz CT molecular complexity index is 980. The van der Waals surface area contributed by atoms with Gasteiger partial charge in [-0.05, 0) is 50.2 Å². The van der Waals surface area contributed by atoms with Crippen molar-refractivity contribution in [1.29, 1.82) is 0 Å². The van der Waals surface area contributed by atoms with E-state index in [9.17, 15) is 17.6 Å². The minimum atomic E-state index is -4.89. The molecule has 0 N–H and O–H groups in total. The average molecular weight is 424 g/mol. The molecule has 0 radical (unpaired) electrons. The van der Waals surface area contributed by atoms with Gasteiger partial charge in [0, 0.05) is 18.7 Å². The molecule has 0 amide bonds. The van der Waals surface area contributed by atoms with E-state index in [1.807, 2.05) is 7.05 Å². The van der Waals surface area contributed by atoms with Crippen LogP contribution in [0.1, 0.15) is 30.4 Å². The number of hydrogen-bond acceptors (Lipinski definition) is 5. The molecule has 9 heteroatoms. The molecule has 1 unspecified atom stereocenters. The number of halogens is 4. The van der Waals surface area contributed by atoms with Crippen LogP contribution in [0.3, 0.4) is 0 Å². The highest BCUT2D eigenvalue weighted by atomic mass is 19.4. The van der Waals surface area contributed by atoms with Crippen molar-refractivity contribution in [1.82, 2.24) is 9.88 Å². The summed E-state index contributed by atoms with van der Waals surface area (Å²) in [6.45, 7) is 1.59. The van der Waals surface area contributed by atoms with Gasteiger partial charge in [-0.1, -0.05) is 12.1 Å². The Morgan fingerprint density at radius 2 is 1.87 bits per heavy atom. The average Bonchev–Trinajstić information content (AvgIpc) is 3.12. The van der Waals surface area contributed by atoms with Crippen LogP contribution in [0, 0.1) is 5.82 Å². The third-order valence-corrected chi connectivity index (χ3v) is 5.01. The van der Waals surface area contributed by atoms with Gasteiger partial charge in [0.25, 0.3) is 0 Å². The lowest BCUT2D eigenvalue weighted by atomic mass is 10.1. The number of hydrogen-bond donors (Lipinski definition) is 0. The van der Waals surface area contributed by atoms with Gasteiger partial charge in [-0.25, -0.2) is 9.37 Å². The number of para-hydroxylation sites is 2. The molecule has 160 valence electrons. The van der Waals surface area contributed by atoms with E-state index in [0.29, 0.717) is 23.9 Å². The van der Waals surface area contributed by atoms with E-state index in [-0.39, 0.29) is 17.6 Å². The molecule has 0 aliphatic carbocycles. The second-order valence-electron chi connectivity index (χ2n) is 7.27. The molecule has 2 heterocycles. The summed E-state index contributed by atoms with van der Waals surface area (Å²) in [7, 11) is 1.99. The first-order valence-electron chi connectivity index (χ1n) is 9.53. The molecule has 1 aliphatic heterocycles. The molecule has 3 aromatic rings. The Hall–Kier alpha value is -2.65. The van der Waals surface area contributed by atoms with E-state index in [0.717, 1.165) is 31.3 Å². The Morgan fingerprint density at radius 3 is 2.57 bits per heavy atom. The zero-order valence-electron chi connectivity index (χ0n) is 16.2. The molecule has 1 fully saturated rings. The molecule has 0 bridgehead atoms. The highest BCUT2D eigenvalue weighted by Crippen LogP contribution is 2.35. The van der Waals surface area contributed by atoms with Crippen LogP contribution in [-0.4, -0.2) is 42.5 Å². The summed E-state index contributed by atoms with van der Waals surface area (Å²) in [5.74, 6) is -1.19. The number of aromatic nitrogens is 1. The molecule has 5 nitrogen and oxygen atoms in total. The minimum absolute atomic E-state index is 0.0817. The van der Waals surface area contributed by atoms with Gasteiger partial charge in [-0.3, -0.25) is 0 Å². The van der Waals surface area contributed by atoms with Gasteiger partial charge < -0.3 is 18.8 Å². The predicted molar refractivity (Wildman–Crippen MR) is 101 cm³/mol. The Morgan fingerprint density at radius 1 is 1.13 bits per heavy atom. The lowest BCUT2D eigenvalue weighted by Crippen LogP contribution is -2.35. The van der Waals surface area contributed by atoms with Crippen LogP contribution in [0.15, 0.2) is 46.9 Å². The fraction of sp³-hybridized carbons (Fsp3) is 0.381. The van der Waals surface area contributed by atoms with Crippen LogP contribution in [0.4, 0.5) is 17.6 Å². The SMILES string of the molecule is CN1CCC(OC(c2nc3ccccc3o2)c2cc(OC(F)(F)F)ccc2F)CC1. The van der Waals surface area contributed by atoms with Crippen LogP contribution in [0.2, 0.25) is 0 Å².